The molecule has 1 rings (SSSR count). The second-order valence-electron chi connectivity index (χ2n) is 3.42. The Bertz CT molecular complexity index is 246. The van der Waals surface area contributed by atoms with Crippen molar-refractivity contribution < 1.29 is 4.79 Å². The molecule has 1 aliphatic carbocycles. The van der Waals surface area contributed by atoms with E-state index in [1.807, 2.05) is 19.9 Å². The first-order valence-electron chi connectivity index (χ1n) is 4.59. The number of hydrogen-bond acceptors (Lipinski definition) is 1. The lowest BCUT2D eigenvalue weighted by Crippen LogP contribution is -2.07. The molecule has 1 nitrogen and oxygen atoms in total. The van der Waals surface area contributed by atoms with Crippen LogP contribution < -0.4 is 0 Å². The van der Waals surface area contributed by atoms with Crippen molar-refractivity contribution in [2.24, 2.45) is 5.92 Å². The maximum Gasteiger partial charge on any atom is 0.159 e. The summed E-state index contributed by atoms with van der Waals surface area (Å²) in [5, 5.41) is 0. The summed E-state index contributed by atoms with van der Waals surface area (Å²) in [5.41, 5.74) is 2.18. The number of carbonyl (C=O) groups excluding carboxylic acids is 1. The highest BCUT2D eigenvalue weighted by Gasteiger charge is 2.19. The van der Waals surface area contributed by atoms with Crippen LogP contribution in [-0.4, -0.2) is 5.78 Å². The van der Waals surface area contributed by atoms with Crippen molar-refractivity contribution in [1.29, 1.82) is 0 Å². The van der Waals surface area contributed by atoms with E-state index < -0.39 is 0 Å². The molecule has 1 atom stereocenters. The lowest BCUT2D eigenvalue weighted by atomic mass is 9.96. The lowest BCUT2D eigenvalue weighted by Gasteiger charge is -2.07. The van der Waals surface area contributed by atoms with Crippen molar-refractivity contribution in [3.63, 3.8) is 0 Å². The summed E-state index contributed by atoms with van der Waals surface area (Å²) in [6, 6.07) is 0. The van der Waals surface area contributed by atoms with Gasteiger partial charge in [-0.25, -0.2) is 0 Å². The van der Waals surface area contributed by atoms with Crippen molar-refractivity contribution in [2.45, 2.75) is 33.6 Å². The summed E-state index contributed by atoms with van der Waals surface area (Å²) in [4.78, 5) is 11.6. The van der Waals surface area contributed by atoms with Crippen LogP contribution in [-0.2, 0) is 4.79 Å². The van der Waals surface area contributed by atoms with Crippen molar-refractivity contribution in [1.82, 2.24) is 0 Å². The normalized spacial score (nSPS) is 22.1. The average Bonchev–Trinajstić information content (AvgIpc) is 2.32. The fraction of sp³-hybridized carbons (Fsp3) is 0.545. The summed E-state index contributed by atoms with van der Waals surface area (Å²) in [6.45, 7) is 6.14. The number of ketones is 1. The van der Waals surface area contributed by atoms with Gasteiger partial charge >= 0.3 is 0 Å². The number of hydrogen-bond donors (Lipinski definition) is 0. The number of rotatable bonds is 3. The zero-order valence-corrected chi connectivity index (χ0v) is 8.05. The van der Waals surface area contributed by atoms with E-state index in [0.717, 1.165) is 17.6 Å². The van der Waals surface area contributed by atoms with Gasteiger partial charge in [0, 0.05) is 17.9 Å². The first-order chi connectivity index (χ1) is 5.66. The highest BCUT2D eigenvalue weighted by Crippen LogP contribution is 2.26. The van der Waals surface area contributed by atoms with Crippen LogP contribution in [0, 0.1) is 5.92 Å². The van der Waals surface area contributed by atoms with Crippen molar-refractivity contribution in [3.05, 3.63) is 23.3 Å². The van der Waals surface area contributed by atoms with Gasteiger partial charge in [0.15, 0.2) is 5.78 Å². The summed E-state index contributed by atoms with van der Waals surface area (Å²) in [7, 11) is 0. The molecule has 0 saturated heterocycles. The SMILES string of the molecule is CCCC(=O)C1=C(C)C=C[C@H]1C. The van der Waals surface area contributed by atoms with Crippen LogP contribution in [0.2, 0.25) is 0 Å². The van der Waals surface area contributed by atoms with Gasteiger partial charge in [-0.15, -0.1) is 0 Å². The topological polar surface area (TPSA) is 17.1 Å². The van der Waals surface area contributed by atoms with Gasteiger partial charge in [-0.3, -0.25) is 4.79 Å². The van der Waals surface area contributed by atoms with Crippen molar-refractivity contribution >= 4 is 5.78 Å². The average molecular weight is 164 g/mol. The molecule has 0 spiro atoms. The van der Waals surface area contributed by atoms with E-state index in [1.54, 1.807) is 0 Å². The van der Waals surface area contributed by atoms with Crippen molar-refractivity contribution in [3.8, 4) is 0 Å². The van der Waals surface area contributed by atoms with E-state index in [4.69, 9.17) is 0 Å². The second-order valence-corrected chi connectivity index (χ2v) is 3.42. The maximum absolute atomic E-state index is 11.6. The molecule has 1 aliphatic rings. The zero-order chi connectivity index (χ0) is 9.14. The Morgan fingerprint density at radius 2 is 2.25 bits per heavy atom. The molecule has 0 fully saturated rings. The Kier molecular flexibility index (Phi) is 2.85. The minimum atomic E-state index is 0.326. The maximum atomic E-state index is 11.6. The Morgan fingerprint density at radius 1 is 1.58 bits per heavy atom. The van der Waals surface area contributed by atoms with Crippen LogP contribution in [0.15, 0.2) is 23.3 Å². The molecule has 0 heterocycles. The van der Waals surface area contributed by atoms with Gasteiger partial charge in [-0.1, -0.05) is 26.0 Å². The molecule has 0 aromatic rings. The Hall–Kier alpha value is -0.850. The van der Waals surface area contributed by atoms with E-state index in [1.165, 1.54) is 0 Å². The Balaban J connectivity index is 2.75. The molecule has 0 amide bonds. The largest absolute Gasteiger partial charge is 0.295 e. The molecule has 0 aliphatic heterocycles. The first kappa shape index (κ1) is 9.24. The zero-order valence-electron chi connectivity index (χ0n) is 8.05. The van der Waals surface area contributed by atoms with E-state index in [2.05, 4.69) is 13.0 Å². The van der Waals surface area contributed by atoms with E-state index in [9.17, 15) is 4.79 Å². The predicted molar refractivity (Wildman–Crippen MR) is 50.9 cm³/mol. The quantitative estimate of drug-likeness (QED) is 0.626. The standard InChI is InChI=1S/C11H16O/c1-4-5-10(12)11-8(2)6-7-9(11)3/h6-8H,4-5H2,1-3H3/t8-/m1/s1. The Morgan fingerprint density at radius 3 is 2.67 bits per heavy atom. The molecule has 0 unspecified atom stereocenters. The molecule has 12 heavy (non-hydrogen) atoms. The highest BCUT2D eigenvalue weighted by molar-refractivity contribution is 5.97. The van der Waals surface area contributed by atoms with Crippen LogP contribution in [0.25, 0.3) is 0 Å². The summed E-state index contributed by atoms with van der Waals surface area (Å²) in [6.07, 6.45) is 5.78. The van der Waals surface area contributed by atoms with Gasteiger partial charge in [-0.05, 0) is 18.9 Å². The van der Waals surface area contributed by atoms with Gasteiger partial charge in [-0.2, -0.15) is 0 Å². The number of Topliss-reactive ketones (excluding diaryl/α,β-unsaturated/α-hetero) is 1. The predicted octanol–water partition coefficient (Wildman–Crippen LogP) is 2.88. The third-order valence-electron chi connectivity index (χ3n) is 2.29. The molecule has 0 bridgehead atoms. The summed E-state index contributed by atoms with van der Waals surface area (Å²) in [5.74, 6) is 0.663. The molecular weight excluding hydrogens is 148 g/mol. The van der Waals surface area contributed by atoms with Crippen LogP contribution in [0.4, 0.5) is 0 Å². The molecule has 0 aromatic heterocycles. The molecule has 66 valence electrons. The number of carbonyl (C=O) groups is 1. The van der Waals surface area contributed by atoms with Crippen LogP contribution in [0.5, 0.6) is 0 Å². The molecule has 0 saturated carbocycles. The van der Waals surface area contributed by atoms with Gasteiger partial charge in [0.1, 0.15) is 0 Å². The van der Waals surface area contributed by atoms with Gasteiger partial charge in [0.05, 0.1) is 0 Å². The van der Waals surface area contributed by atoms with E-state index >= 15 is 0 Å². The van der Waals surface area contributed by atoms with Gasteiger partial charge in [0.25, 0.3) is 0 Å². The second kappa shape index (κ2) is 3.70. The van der Waals surface area contributed by atoms with Gasteiger partial charge in [0.2, 0.25) is 0 Å². The van der Waals surface area contributed by atoms with E-state index in [-0.39, 0.29) is 0 Å². The number of allylic oxidation sites excluding steroid dienone is 4. The van der Waals surface area contributed by atoms with Crippen molar-refractivity contribution in [2.75, 3.05) is 0 Å². The monoisotopic (exact) mass is 164 g/mol. The van der Waals surface area contributed by atoms with Gasteiger partial charge < -0.3 is 0 Å². The summed E-state index contributed by atoms with van der Waals surface area (Å²) < 4.78 is 0. The van der Waals surface area contributed by atoms with Crippen LogP contribution in [0.1, 0.15) is 33.6 Å². The third-order valence-corrected chi connectivity index (χ3v) is 2.29. The third kappa shape index (κ3) is 1.66. The smallest absolute Gasteiger partial charge is 0.159 e. The fourth-order valence-electron chi connectivity index (χ4n) is 1.67. The highest BCUT2D eigenvalue weighted by atomic mass is 16.1. The first-order valence-corrected chi connectivity index (χ1v) is 4.59. The minimum absolute atomic E-state index is 0.326. The minimum Gasteiger partial charge on any atom is -0.295 e. The Labute approximate surface area is 74.2 Å². The molecular formula is C11H16O. The fourth-order valence-corrected chi connectivity index (χ4v) is 1.67. The van der Waals surface area contributed by atoms with Crippen LogP contribution >= 0.6 is 0 Å². The van der Waals surface area contributed by atoms with E-state index in [0.29, 0.717) is 18.1 Å². The molecule has 0 radical (unpaired) electrons. The molecule has 1 heteroatoms. The lowest BCUT2D eigenvalue weighted by molar-refractivity contribution is -0.115. The molecule has 0 aromatic carbocycles. The van der Waals surface area contributed by atoms with Crippen LogP contribution in [0.3, 0.4) is 0 Å². The molecule has 0 N–H and O–H groups in total. The summed E-state index contributed by atoms with van der Waals surface area (Å²) >= 11 is 0.